The molecular weight excluding hydrogens is 486 g/mol. The minimum Gasteiger partial charge on any atom is -0.490 e. The Kier molecular flexibility index (Phi) is 9.53. The highest BCUT2D eigenvalue weighted by molar-refractivity contribution is 6.11. The second-order valence-electron chi connectivity index (χ2n) is 8.06. The van der Waals surface area contributed by atoms with Crippen LogP contribution in [-0.4, -0.2) is 51.6 Å². The zero-order valence-corrected chi connectivity index (χ0v) is 20.9. The lowest BCUT2D eigenvalue weighted by molar-refractivity contribution is -0.139. The quantitative estimate of drug-likeness (QED) is 0.112. The third kappa shape index (κ3) is 7.02. The monoisotopic (exact) mass is 515 g/mol. The van der Waals surface area contributed by atoms with Crippen molar-refractivity contribution in [2.45, 2.75) is 0 Å². The Labute approximate surface area is 220 Å². The van der Waals surface area contributed by atoms with Gasteiger partial charge in [0.15, 0.2) is 0 Å². The van der Waals surface area contributed by atoms with Gasteiger partial charge in [0.05, 0.1) is 13.2 Å². The molecule has 4 rings (SSSR count). The zero-order chi connectivity index (χ0) is 26.6. The standard InChI is InChI=1S/C30H29NO7/c1-2-27(32)36-19-18-34-17-16-31-30(33)38-29-25-14-8-6-12-23(25)28(24-13-7-9-15-26(24)29)37-21-20-35-22-10-4-3-5-11-22/h2-15H,1,16-21H2,(H,31,33). The van der Waals surface area contributed by atoms with Gasteiger partial charge in [-0.1, -0.05) is 73.3 Å². The van der Waals surface area contributed by atoms with Gasteiger partial charge in [-0.2, -0.15) is 0 Å². The molecule has 0 bridgehead atoms. The second-order valence-corrected chi connectivity index (χ2v) is 8.06. The van der Waals surface area contributed by atoms with E-state index >= 15 is 0 Å². The summed E-state index contributed by atoms with van der Waals surface area (Å²) in [7, 11) is 0. The highest BCUT2D eigenvalue weighted by Gasteiger charge is 2.18. The molecule has 0 aliphatic carbocycles. The van der Waals surface area contributed by atoms with Gasteiger partial charge in [0.1, 0.15) is 37.1 Å². The van der Waals surface area contributed by atoms with Crippen molar-refractivity contribution in [2.75, 3.05) is 39.6 Å². The molecule has 0 heterocycles. The summed E-state index contributed by atoms with van der Waals surface area (Å²) in [4.78, 5) is 23.6. The summed E-state index contributed by atoms with van der Waals surface area (Å²) in [6, 6.07) is 24.8. The molecule has 0 fully saturated rings. The first kappa shape index (κ1) is 26.5. The van der Waals surface area contributed by atoms with E-state index in [0.29, 0.717) is 24.7 Å². The van der Waals surface area contributed by atoms with Gasteiger partial charge in [0.25, 0.3) is 0 Å². The third-order valence-electron chi connectivity index (χ3n) is 5.52. The van der Waals surface area contributed by atoms with Crippen LogP contribution in [0.5, 0.6) is 17.2 Å². The average Bonchev–Trinajstić information content (AvgIpc) is 2.96. The van der Waals surface area contributed by atoms with Crippen LogP contribution in [0, 0.1) is 0 Å². The summed E-state index contributed by atoms with van der Waals surface area (Å²) in [5.74, 6) is 1.42. The molecule has 0 spiro atoms. The number of rotatable bonds is 13. The molecule has 8 heteroatoms. The van der Waals surface area contributed by atoms with E-state index in [9.17, 15) is 9.59 Å². The van der Waals surface area contributed by atoms with Crippen LogP contribution in [0.3, 0.4) is 0 Å². The van der Waals surface area contributed by atoms with Crippen LogP contribution in [0.4, 0.5) is 4.79 Å². The largest absolute Gasteiger partial charge is 0.490 e. The Morgan fingerprint density at radius 1 is 0.684 bits per heavy atom. The van der Waals surface area contributed by atoms with E-state index in [1.165, 1.54) is 0 Å². The first-order chi connectivity index (χ1) is 18.7. The molecular formula is C30H29NO7. The molecule has 0 aliphatic heterocycles. The summed E-state index contributed by atoms with van der Waals surface area (Å²) in [6.07, 6.45) is 0.483. The third-order valence-corrected chi connectivity index (χ3v) is 5.52. The van der Waals surface area contributed by atoms with E-state index in [1.807, 2.05) is 78.9 Å². The Balaban J connectivity index is 1.42. The molecule has 1 amide bonds. The number of carbonyl (C=O) groups is 2. The van der Waals surface area contributed by atoms with E-state index in [-0.39, 0.29) is 26.4 Å². The minimum absolute atomic E-state index is 0.111. The molecule has 0 unspecified atom stereocenters. The maximum atomic E-state index is 12.6. The smallest absolute Gasteiger partial charge is 0.412 e. The molecule has 0 radical (unpaired) electrons. The second kappa shape index (κ2) is 13.7. The van der Waals surface area contributed by atoms with E-state index in [0.717, 1.165) is 33.4 Å². The summed E-state index contributed by atoms with van der Waals surface area (Å²) >= 11 is 0. The van der Waals surface area contributed by atoms with Crippen molar-refractivity contribution in [1.29, 1.82) is 0 Å². The predicted molar refractivity (Wildman–Crippen MR) is 145 cm³/mol. The van der Waals surface area contributed by atoms with Crippen LogP contribution in [0.1, 0.15) is 0 Å². The van der Waals surface area contributed by atoms with Gasteiger partial charge in [-0.3, -0.25) is 0 Å². The van der Waals surface area contributed by atoms with Crippen molar-refractivity contribution < 1.29 is 33.3 Å². The van der Waals surface area contributed by atoms with Crippen LogP contribution in [0.15, 0.2) is 91.5 Å². The lowest BCUT2D eigenvalue weighted by Crippen LogP contribution is -2.30. The highest BCUT2D eigenvalue weighted by atomic mass is 16.6. The van der Waals surface area contributed by atoms with E-state index in [1.54, 1.807) is 0 Å². The first-order valence-corrected chi connectivity index (χ1v) is 12.2. The molecule has 38 heavy (non-hydrogen) atoms. The number of ether oxygens (including phenoxy) is 5. The Morgan fingerprint density at radius 2 is 1.26 bits per heavy atom. The van der Waals surface area contributed by atoms with Crippen molar-refractivity contribution in [1.82, 2.24) is 5.32 Å². The fourth-order valence-corrected chi connectivity index (χ4v) is 3.85. The summed E-state index contributed by atoms with van der Waals surface area (Å²) in [5, 5.41) is 5.84. The Bertz CT molecular complexity index is 1330. The highest BCUT2D eigenvalue weighted by Crippen LogP contribution is 2.42. The van der Waals surface area contributed by atoms with Crippen LogP contribution in [-0.2, 0) is 14.3 Å². The topological polar surface area (TPSA) is 92.3 Å². The van der Waals surface area contributed by atoms with E-state index in [2.05, 4.69) is 11.9 Å². The van der Waals surface area contributed by atoms with Crippen molar-refractivity contribution in [2.24, 2.45) is 0 Å². The normalized spacial score (nSPS) is 10.6. The molecule has 196 valence electrons. The number of para-hydroxylation sites is 1. The molecule has 0 aliphatic rings. The minimum atomic E-state index is -0.605. The summed E-state index contributed by atoms with van der Waals surface area (Å²) in [6.45, 7) is 4.84. The first-order valence-electron chi connectivity index (χ1n) is 12.2. The van der Waals surface area contributed by atoms with Gasteiger partial charge in [-0.05, 0) is 12.1 Å². The van der Waals surface area contributed by atoms with Crippen LogP contribution < -0.4 is 19.5 Å². The number of esters is 1. The van der Waals surface area contributed by atoms with E-state index in [4.69, 9.17) is 23.7 Å². The number of amides is 1. The number of benzene rings is 4. The fraction of sp³-hybridized carbons (Fsp3) is 0.200. The van der Waals surface area contributed by atoms with Gasteiger partial charge >= 0.3 is 12.1 Å². The maximum absolute atomic E-state index is 12.6. The lowest BCUT2D eigenvalue weighted by Gasteiger charge is -2.17. The van der Waals surface area contributed by atoms with Crippen LogP contribution in [0.25, 0.3) is 21.5 Å². The number of hydrogen-bond acceptors (Lipinski definition) is 7. The Hall–Kier alpha value is -4.56. The zero-order valence-electron chi connectivity index (χ0n) is 20.9. The average molecular weight is 516 g/mol. The molecule has 0 atom stereocenters. The summed E-state index contributed by atoms with van der Waals surface area (Å²) in [5.41, 5.74) is 0. The van der Waals surface area contributed by atoms with Gasteiger partial charge < -0.3 is 29.0 Å². The molecule has 0 saturated heterocycles. The fourth-order valence-electron chi connectivity index (χ4n) is 3.85. The van der Waals surface area contributed by atoms with E-state index < -0.39 is 12.1 Å². The number of carbonyl (C=O) groups excluding carboxylic acids is 2. The molecule has 0 saturated carbocycles. The van der Waals surface area contributed by atoms with Crippen LogP contribution in [0.2, 0.25) is 0 Å². The molecule has 0 aromatic heterocycles. The molecule has 1 N–H and O–H groups in total. The molecule has 4 aromatic carbocycles. The van der Waals surface area contributed by atoms with Gasteiger partial charge in [-0.25, -0.2) is 9.59 Å². The number of fused-ring (bicyclic) bond motifs is 2. The van der Waals surface area contributed by atoms with Gasteiger partial charge in [0.2, 0.25) is 0 Å². The summed E-state index contributed by atoms with van der Waals surface area (Å²) < 4.78 is 28.0. The Morgan fingerprint density at radius 3 is 1.89 bits per heavy atom. The van der Waals surface area contributed by atoms with Gasteiger partial charge in [0, 0.05) is 34.2 Å². The van der Waals surface area contributed by atoms with Crippen molar-refractivity contribution in [3.8, 4) is 17.2 Å². The molecule has 8 nitrogen and oxygen atoms in total. The van der Waals surface area contributed by atoms with Gasteiger partial charge in [-0.15, -0.1) is 0 Å². The number of hydrogen-bond donors (Lipinski definition) is 1. The predicted octanol–water partition coefficient (Wildman–Crippen LogP) is 5.29. The lowest BCUT2D eigenvalue weighted by atomic mass is 10.0. The van der Waals surface area contributed by atoms with Crippen molar-refractivity contribution >= 4 is 33.6 Å². The van der Waals surface area contributed by atoms with Crippen LogP contribution >= 0.6 is 0 Å². The maximum Gasteiger partial charge on any atom is 0.412 e. The van der Waals surface area contributed by atoms with Crippen molar-refractivity contribution in [3.05, 3.63) is 91.5 Å². The SMILES string of the molecule is C=CC(=O)OCCOCCNC(=O)Oc1c2ccccc2c(OCCOc2ccccc2)c2ccccc12. The number of nitrogens with one attached hydrogen (secondary N) is 1. The molecule has 4 aromatic rings. The van der Waals surface area contributed by atoms with Crippen molar-refractivity contribution in [3.63, 3.8) is 0 Å².